The predicted molar refractivity (Wildman–Crippen MR) is 50.6 cm³/mol. The Labute approximate surface area is 78.2 Å². The third kappa shape index (κ3) is 1.10. The summed E-state index contributed by atoms with van der Waals surface area (Å²) in [6.45, 7) is 3.54. The number of fused-ring (bicyclic) bond motifs is 3. The van der Waals surface area contributed by atoms with Crippen LogP contribution in [0.15, 0.2) is 12.5 Å². The average molecular weight is 177 g/mol. The lowest BCUT2D eigenvalue weighted by molar-refractivity contribution is 0.257. The molecule has 0 amide bonds. The van der Waals surface area contributed by atoms with Crippen LogP contribution < -0.4 is 5.32 Å². The fourth-order valence-electron chi connectivity index (χ4n) is 2.75. The second-order valence-corrected chi connectivity index (χ2v) is 4.16. The SMILES string of the molecule is c1ncn2c1C1CCNCC1CC2. The molecule has 0 aliphatic carbocycles. The summed E-state index contributed by atoms with van der Waals surface area (Å²) in [4.78, 5) is 4.24. The first-order chi connectivity index (χ1) is 6.45. The van der Waals surface area contributed by atoms with Gasteiger partial charge in [-0.1, -0.05) is 0 Å². The molecule has 13 heavy (non-hydrogen) atoms. The van der Waals surface area contributed by atoms with Gasteiger partial charge in [0.15, 0.2) is 0 Å². The fraction of sp³-hybridized carbons (Fsp3) is 0.700. The molecule has 1 N–H and O–H groups in total. The van der Waals surface area contributed by atoms with E-state index in [1.807, 2.05) is 6.33 Å². The summed E-state index contributed by atoms with van der Waals surface area (Å²) < 4.78 is 2.33. The summed E-state index contributed by atoms with van der Waals surface area (Å²) >= 11 is 0. The van der Waals surface area contributed by atoms with Crippen molar-refractivity contribution in [2.75, 3.05) is 13.1 Å². The Hall–Kier alpha value is -0.830. The van der Waals surface area contributed by atoms with Gasteiger partial charge in [-0.3, -0.25) is 0 Å². The predicted octanol–water partition coefficient (Wildman–Crippen LogP) is 0.980. The van der Waals surface area contributed by atoms with Crippen molar-refractivity contribution in [1.82, 2.24) is 14.9 Å². The Kier molecular flexibility index (Phi) is 1.65. The van der Waals surface area contributed by atoms with Crippen LogP contribution in [0.2, 0.25) is 0 Å². The van der Waals surface area contributed by atoms with E-state index in [-0.39, 0.29) is 0 Å². The van der Waals surface area contributed by atoms with Crippen molar-refractivity contribution < 1.29 is 0 Å². The molecule has 1 aromatic heterocycles. The smallest absolute Gasteiger partial charge is 0.0948 e. The zero-order chi connectivity index (χ0) is 8.67. The number of aromatic nitrogens is 2. The van der Waals surface area contributed by atoms with E-state index in [9.17, 15) is 0 Å². The highest BCUT2D eigenvalue weighted by molar-refractivity contribution is 5.12. The Morgan fingerprint density at radius 2 is 2.46 bits per heavy atom. The number of rotatable bonds is 0. The molecular formula is C10H15N3. The van der Waals surface area contributed by atoms with E-state index in [1.165, 1.54) is 31.6 Å². The van der Waals surface area contributed by atoms with Crippen molar-refractivity contribution in [3.63, 3.8) is 0 Å². The van der Waals surface area contributed by atoms with Crippen LogP contribution in [0.3, 0.4) is 0 Å². The van der Waals surface area contributed by atoms with Crippen molar-refractivity contribution >= 4 is 0 Å². The standard InChI is InChI=1S/C10H15N3/c1-3-11-5-8-2-4-13-7-12-6-10(13)9(1)8/h6-9,11H,1-5H2. The molecule has 1 saturated heterocycles. The van der Waals surface area contributed by atoms with Crippen LogP contribution in [-0.4, -0.2) is 22.6 Å². The van der Waals surface area contributed by atoms with E-state index in [1.54, 1.807) is 0 Å². The maximum atomic E-state index is 4.24. The van der Waals surface area contributed by atoms with Gasteiger partial charge in [-0.05, 0) is 31.8 Å². The van der Waals surface area contributed by atoms with Gasteiger partial charge in [-0.15, -0.1) is 0 Å². The van der Waals surface area contributed by atoms with Crippen LogP contribution in [0, 0.1) is 5.92 Å². The Balaban J connectivity index is 1.97. The summed E-state index contributed by atoms with van der Waals surface area (Å²) in [6, 6.07) is 0. The van der Waals surface area contributed by atoms with E-state index in [2.05, 4.69) is 21.1 Å². The molecule has 0 bridgehead atoms. The molecule has 2 atom stereocenters. The van der Waals surface area contributed by atoms with Crippen LogP contribution in [0.25, 0.3) is 0 Å². The Bertz CT molecular complexity index is 305. The third-order valence-electron chi connectivity index (χ3n) is 3.47. The molecule has 2 aliphatic rings. The Morgan fingerprint density at radius 3 is 3.46 bits per heavy atom. The lowest BCUT2D eigenvalue weighted by atomic mass is 9.80. The minimum absolute atomic E-state index is 0.775. The van der Waals surface area contributed by atoms with Crippen LogP contribution in [0.1, 0.15) is 24.5 Å². The van der Waals surface area contributed by atoms with Gasteiger partial charge in [-0.2, -0.15) is 0 Å². The number of hydrogen-bond acceptors (Lipinski definition) is 2. The van der Waals surface area contributed by atoms with Crippen LogP contribution in [0.5, 0.6) is 0 Å². The van der Waals surface area contributed by atoms with Crippen molar-refractivity contribution in [1.29, 1.82) is 0 Å². The maximum Gasteiger partial charge on any atom is 0.0948 e. The monoisotopic (exact) mass is 177 g/mol. The molecule has 3 nitrogen and oxygen atoms in total. The molecule has 1 aromatic rings. The van der Waals surface area contributed by atoms with Crippen LogP contribution in [-0.2, 0) is 6.54 Å². The largest absolute Gasteiger partial charge is 0.334 e. The molecule has 0 radical (unpaired) electrons. The molecule has 3 heteroatoms. The molecule has 3 heterocycles. The average Bonchev–Trinajstić information content (AvgIpc) is 2.65. The van der Waals surface area contributed by atoms with Gasteiger partial charge in [0.05, 0.1) is 6.33 Å². The number of imidazole rings is 1. The first-order valence-electron chi connectivity index (χ1n) is 5.16. The number of nitrogens with zero attached hydrogens (tertiary/aromatic N) is 2. The molecule has 3 rings (SSSR count). The minimum Gasteiger partial charge on any atom is -0.334 e. The zero-order valence-corrected chi connectivity index (χ0v) is 7.74. The van der Waals surface area contributed by atoms with E-state index >= 15 is 0 Å². The summed E-state index contributed by atoms with van der Waals surface area (Å²) in [5, 5.41) is 3.48. The summed E-state index contributed by atoms with van der Waals surface area (Å²) in [7, 11) is 0. The van der Waals surface area contributed by atoms with Gasteiger partial charge < -0.3 is 9.88 Å². The molecule has 2 unspecified atom stereocenters. The van der Waals surface area contributed by atoms with Gasteiger partial charge >= 0.3 is 0 Å². The maximum absolute atomic E-state index is 4.24. The van der Waals surface area contributed by atoms with E-state index < -0.39 is 0 Å². The van der Waals surface area contributed by atoms with E-state index in [0.29, 0.717) is 0 Å². The normalized spacial score (nSPS) is 32.3. The minimum atomic E-state index is 0.775. The van der Waals surface area contributed by atoms with Gasteiger partial charge in [0.25, 0.3) is 0 Å². The van der Waals surface area contributed by atoms with Gasteiger partial charge in [-0.25, -0.2) is 4.98 Å². The molecule has 2 aliphatic heterocycles. The molecule has 70 valence electrons. The lowest BCUT2D eigenvalue weighted by Gasteiger charge is -2.36. The van der Waals surface area contributed by atoms with E-state index in [4.69, 9.17) is 0 Å². The van der Waals surface area contributed by atoms with E-state index in [0.717, 1.165) is 18.4 Å². The molecule has 0 saturated carbocycles. The summed E-state index contributed by atoms with van der Waals surface area (Å²) in [5.41, 5.74) is 1.47. The topological polar surface area (TPSA) is 29.9 Å². The second-order valence-electron chi connectivity index (χ2n) is 4.16. The first-order valence-corrected chi connectivity index (χ1v) is 5.16. The lowest BCUT2D eigenvalue weighted by Crippen LogP contribution is -2.39. The number of hydrogen-bond donors (Lipinski definition) is 1. The van der Waals surface area contributed by atoms with Crippen LogP contribution >= 0.6 is 0 Å². The number of nitrogens with one attached hydrogen (secondary N) is 1. The molecule has 0 aromatic carbocycles. The fourth-order valence-corrected chi connectivity index (χ4v) is 2.75. The number of aryl methyl sites for hydroxylation is 1. The third-order valence-corrected chi connectivity index (χ3v) is 3.47. The van der Waals surface area contributed by atoms with Gasteiger partial charge in [0, 0.05) is 24.4 Å². The quantitative estimate of drug-likeness (QED) is 0.640. The van der Waals surface area contributed by atoms with Crippen molar-refractivity contribution in [3.8, 4) is 0 Å². The van der Waals surface area contributed by atoms with Gasteiger partial charge in [0.2, 0.25) is 0 Å². The highest BCUT2D eigenvalue weighted by atomic mass is 15.1. The summed E-state index contributed by atoms with van der Waals surface area (Å²) in [6.07, 6.45) is 6.65. The van der Waals surface area contributed by atoms with Crippen molar-refractivity contribution in [2.24, 2.45) is 5.92 Å². The molecule has 0 spiro atoms. The highest BCUT2D eigenvalue weighted by Gasteiger charge is 2.31. The Morgan fingerprint density at radius 1 is 1.46 bits per heavy atom. The first kappa shape index (κ1) is 7.56. The molecule has 1 fully saturated rings. The molecular weight excluding hydrogens is 162 g/mol. The van der Waals surface area contributed by atoms with Gasteiger partial charge in [0.1, 0.15) is 0 Å². The highest BCUT2D eigenvalue weighted by Crippen LogP contribution is 2.35. The van der Waals surface area contributed by atoms with Crippen molar-refractivity contribution in [2.45, 2.75) is 25.3 Å². The van der Waals surface area contributed by atoms with Crippen molar-refractivity contribution in [3.05, 3.63) is 18.2 Å². The number of piperidine rings is 1. The zero-order valence-electron chi connectivity index (χ0n) is 7.74. The second kappa shape index (κ2) is 2.84. The summed E-state index contributed by atoms with van der Waals surface area (Å²) in [5.74, 6) is 1.63. The van der Waals surface area contributed by atoms with Crippen LogP contribution in [0.4, 0.5) is 0 Å².